The maximum atomic E-state index is 13.8. The predicted molar refractivity (Wildman–Crippen MR) is 91.7 cm³/mol. The van der Waals surface area contributed by atoms with E-state index in [1.54, 1.807) is 51.2 Å². The molecular weight excluding hydrogens is 309 g/mol. The Bertz CT molecular complexity index is 673. The summed E-state index contributed by atoms with van der Waals surface area (Å²) >= 11 is 0. The molecule has 0 bridgehead atoms. The standard InChI is InChI=1S/C17H18FNO3.C2H6/c1-4-21-17(20)15-11(2)9-10-19-16(15)22-12(3)13-7-5-6-8-14(13)18;1-2/h5-10,12H,4H2,1-3H3;1-2H3. The summed E-state index contributed by atoms with van der Waals surface area (Å²) in [5.41, 5.74) is 1.37. The van der Waals surface area contributed by atoms with E-state index >= 15 is 0 Å². The van der Waals surface area contributed by atoms with Crippen LogP contribution in [0.1, 0.15) is 55.3 Å². The molecule has 0 amide bonds. The monoisotopic (exact) mass is 333 g/mol. The van der Waals surface area contributed by atoms with Gasteiger partial charge in [0.15, 0.2) is 0 Å². The smallest absolute Gasteiger partial charge is 0.343 e. The third kappa shape index (κ3) is 4.78. The zero-order valence-electron chi connectivity index (χ0n) is 14.8. The predicted octanol–water partition coefficient (Wildman–Crippen LogP) is 4.87. The van der Waals surface area contributed by atoms with Crippen LogP contribution in [0.15, 0.2) is 36.5 Å². The second-order valence-electron chi connectivity index (χ2n) is 4.81. The number of carbonyl (C=O) groups excluding carboxylic acids is 1. The number of benzene rings is 1. The third-order valence-electron chi connectivity index (χ3n) is 3.24. The number of halogens is 1. The van der Waals surface area contributed by atoms with Crippen LogP contribution in [0, 0.1) is 12.7 Å². The molecule has 0 aliphatic rings. The van der Waals surface area contributed by atoms with Gasteiger partial charge in [-0.2, -0.15) is 0 Å². The van der Waals surface area contributed by atoms with Crippen molar-refractivity contribution in [1.82, 2.24) is 4.98 Å². The number of ether oxygens (including phenoxy) is 2. The van der Waals surface area contributed by atoms with Gasteiger partial charge in [0.2, 0.25) is 5.88 Å². The third-order valence-corrected chi connectivity index (χ3v) is 3.24. The number of pyridine rings is 1. The molecule has 4 nitrogen and oxygen atoms in total. The van der Waals surface area contributed by atoms with Gasteiger partial charge in [-0.25, -0.2) is 14.2 Å². The summed E-state index contributed by atoms with van der Waals surface area (Å²) in [6.45, 7) is 9.47. The van der Waals surface area contributed by atoms with Crippen LogP contribution in [-0.2, 0) is 4.74 Å². The Labute approximate surface area is 142 Å². The van der Waals surface area contributed by atoms with E-state index in [-0.39, 0.29) is 23.9 Å². The fourth-order valence-electron chi connectivity index (χ4n) is 2.11. The Morgan fingerprint density at radius 1 is 1.25 bits per heavy atom. The highest BCUT2D eigenvalue weighted by Crippen LogP contribution is 2.27. The van der Waals surface area contributed by atoms with Crippen molar-refractivity contribution in [3.05, 3.63) is 59.0 Å². The van der Waals surface area contributed by atoms with E-state index in [1.807, 2.05) is 13.8 Å². The number of rotatable bonds is 5. The molecule has 0 spiro atoms. The van der Waals surface area contributed by atoms with Gasteiger partial charge in [0.1, 0.15) is 17.5 Å². The van der Waals surface area contributed by atoms with E-state index in [0.717, 1.165) is 0 Å². The van der Waals surface area contributed by atoms with E-state index in [4.69, 9.17) is 9.47 Å². The lowest BCUT2D eigenvalue weighted by molar-refractivity contribution is 0.0517. The molecule has 0 fully saturated rings. The van der Waals surface area contributed by atoms with Crippen molar-refractivity contribution in [2.24, 2.45) is 0 Å². The normalized spacial score (nSPS) is 11.1. The summed E-state index contributed by atoms with van der Waals surface area (Å²) in [4.78, 5) is 16.1. The molecule has 0 radical (unpaired) electrons. The molecule has 1 aromatic carbocycles. The summed E-state index contributed by atoms with van der Waals surface area (Å²) in [5.74, 6) is -0.710. The topological polar surface area (TPSA) is 48.4 Å². The van der Waals surface area contributed by atoms with Crippen molar-refractivity contribution in [1.29, 1.82) is 0 Å². The minimum absolute atomic E-state index is 0.147. The lowest BCUT2D eigenvalue weighted by Gasteiger charge is -2.17. The zero-order chi connectivity index (χ0) is 18.1. The minimum Gasteiger partial charge on any atom is -0.469 e. The molecule has 0 aliphatic carbocycles. The Hall–Kier alpha value is -2.43. The van der Waals surface area contributed by atoms with Gasteiger partial charge in [-0.05, 0) is 38.5 Å². The molecule has 2 aromatic rings. The van der Waals surface area contributed by atoms with Crippen LogP contribution in [0.3, 0.4) is 0 Å². The molecule has 0 saturated carbocycles. The molecule has 1 aromatic heterocycles. The molecule has 2 rings (SSSR count). The van der Waals surface area contributed by atoms with Crippen LogP contribution in [0.2, 0.25) is 0 Å². The fraction of sp³-hybridized carbons (Fsp3) is 0.368. The molecule has 24 heavy (non-hydrogen) atoms. The minimum atomic E-state index is -0.580. The number of aryl methyl sites for hydroxylation is 1. The highest BCUT2D eigenvalue weighted by molar-refractivity contribution is 5.93. The van der Waals surface area contributed by atoms with Gasteiger partial charge in [-0.3, -0.25) is 0 Å². The molecule has 1 atom stereocenters. The van der Waals surface area contributed by atoms with Crippen molar-refractivity contribution in [3.8, 4) is 5.88 Å². The molecule has 0 N–H and O–H groups in total. The van der Waals surface area contributed by atoms with Crippen LogP contribution < -0.4 is 4.74 Å². The van der Waals surface area contributed by atoms with Crippen LogP contribution >= 0.6 is 0 Å². The van der Waals surface area contributed by atoms with E-state index in [1.165, 1.54) is 6.07 Å². The quantitative estimate of drug-likeness (QED) is 0.732. The largest absolute Gasteiger partial charge is 0.469 e. The molecule has 1 unspecified atom stereocenters. The second-order valence-corrected chi connectivity index (χ2v) is 4.81. The fourth-order valence-corrected chi connectivity index (χ4v) is 2.11. The van der Waals surface area contributed by atoms with Crippen molar-refractivity contribution in [2.45, 2.75) is 40.7 Å². The van der Waals surface area contributed by atoms with E-state index in [9.17, 15) is 9.18 Å². The Morgan fingerprint density at radius 2 is 1.92 bits per heavy atom. The van der Waals surface area contributed by atoms with Gasteiger partial charge in [-0.15, -0.1) is 0 Å². The number of carbonyl (C=O) groups is 1. The first-order valence-corrected chi connectivity index (χ1v) is 8.08. The Morgan fingerprint density at radius 3 is 2.54 bits per heavy atom. The number of hydrogen-bond donors (Lipinski definition) is 0. The Balaban J connectivity index is 0.00000139. The number of esters is 1. The summed E-state index contributed by atoms with van der Waals surface area (Å²) in [5, 5.41) is 0. The highest BCUT2D eigenvalue weighted by Gasteiger charge is 2.21. The first-order valence-electron chi connectivity index (χ1n) is 8.08. The maximum Gasteiger partial charge on any atom is 0.343 e. The van der Waals surface area contributed by atoms with E-state index < -0.39 is 12.1 Å². The van der Waals surface area contributed by atoms with Crippen molar-refractivity contribution < 1.29 is 18.7 Å². The summed E-state index contributed by atoms with van der Waals surface area (Å²) in [6, 6.07) is 8.05. The van der Waals surface area contributed by atoms with Gasteiger partial charge in [0, 0.05) is 11.8 Å². The van der Waals surface area contributed by atoms with Gasteiger partial charge in [-0.1, -0.05) is 32.0 Å². The van der Waals surface area contributed by atoms with Gasteiger partial charge >= 0.3 is 5.97 Å². The van der Waals surface area contributed by atoms with Crippen LogP contribution in [0.25, 0.3) is 0 Å². The van der Waals surface area contributed by atoms with Gasteiger partial charge in [0.25, 0.3) is 0 Å². The first-order chi connectivity index (χ1) is 11.5. The number of aromatic nitrogens is 1. The zero-order valence-corrected chi connectivity index (χ0v) is 14.8. The maximum absolute atomic E-state index is 13.8. The van der Waals surface area contributed by atoms with Crippen LogP contribution in [0.4, 0.5) is 4.39 Å². The first kappa shape index (κ1) is 19.6. The average Bonchev–Trinajstić information content (AvgIpc) is 2.57. The summed E-state index contributed by atoms with van der Waals surface area (Å²) in [6.07, 6.45) is 0.963. The molecule has 0 aliphatic heterocycles. The van der Waals surface area contributed by atoms with Crippen molar-refractivity contribution >= 4 is 5.97 Å². The van der Waals surface area contributed by atoms with Crippen molar-refractivity contribution in [3.63, 3.8) is 0 Å². The molecule has 1 heterocycles. The van der Waals surface area contributed by atoms with Gasteiger partial charge in [0.05, 0.1) is 6.61 Å². The highest BCUT2D eigenvalue weighted by atomic mass is 19.1. The second kappa shape index (κ2) is 9.65. The number of nitrogens with zero attached hydrogens (tertiary/aromatic N) is 1. The molecular formula is C19H24FNO3. The molecule has 0 saturated heterocycles. The molecule has 130 valence electrons. The Kier molecular flexibility index (Phi) is 7.89. The number of hydrogen-bond acceptors (Lipinski definition) is 4. The summed E-state index contributed by atoms with van der Waals surface area (Å²) < 4.78 is 24.5. The lowest BCUT2D eigenvalue weighted by Crippen LogP contribution is -2.13. The van der Waals surface area contributed by atoms with Crippen molar-refractivity contribution in [2.75, 3.05) is 6.61 Å². The SMILES string of the molecule is CC.CCOC(=O)c1c(C)ccnc1OC(C)c1ccccc1F. The summed E-state index contributed by atoms with van der Waals surface area (Å²) in [7, 11) is 0. The van der Waals surface area contributed by atoms with Crippen LogP contribution in [-0.4, -0.2) is 17.6 Å². The lowest BCUT2D eigenvalue weighted by atomic mass is 10.1. The van der Waals surface area contributed by atoms with E-state index in [2.05, 4.69) is 4.98 Å². The average molecular weight is 333 g/mol. The molecule has 5 heteroatoms. The van der Waals surface area contributed by atoms with Gasteiger partial charge < -0.3 is 9.47 Å². The van der Waals surface area contributed by atoms with Crippen LogP contribution in [0.5, 0.6) is 5.88 Å². The van der Waals surface area contributed by atoms with E-state index in [0.29, 0.717) is 11.1 Å².